The van der Waals surface area contributed by atoms with Gasteiger partial charge in [0.15, 0.2) is 0 Å². The molecule has 0 N–H and O–H groups in total. The lowest BCUT2D eigenvalue weighted by molar-refractivity contribution is 0.0501. The molecule has 5 rings (SSSR count). The highest BCUT2D eigenvalue weighted by molar-refractivity contribution is 5.89. The minimum Gasteiger partial charge on any atom is -0.445 e. The number of rotatable bonds is 3. The van der Waals surface area contributed by atoms with Crippen molar-refractivity contribution in [3.05, 3.63) is 71.4 Å². The van der Waals surface area contributed by atoms with E-state index in [0.29, 0.717) is 18.6 Å². The van der Waals surface area contributed by atoms with Crippen LogP contribution in [0, 0.1) is 0 Å². The highest BCUT2D eigenvalue weighted by atomic mass is 16.6. The normalized spacial score (nSPS) is 23.2. The third-order valence-corrected chi connectivity index (χ3v) is 7.05. The number of likely N-dealkylation sites (tertiary alicyclic amines) is 1. The number of amides is 1. The molecule has 0 unspecified atom stereocenters. The van der Waals surface area contributed by atoms with Crippen LogP contribution >= 0.6 is 0 Å². The fraction of sp³-hybridized carbons (Fsp3) is 0.400. The summed E-state index contributed by atoms with van der Waals surface area (Å²) < 4.78 is 7.84. The van der Waals surface area contributed by atoms with Gasteiger partial charge in [0.05, 0.1) is 0 Å². The minimum absolute atomic E-state index is 0.139. The van der Waals surface area contributed by atoms with E-state index in [-0.39, 0.29) is 12.1 Å². The zero-order chi connectivity index (χ0) is 20.8. The number of ether oxygens (including phenoxy) is 1. The number of likely N-dealkylation sites (N-methyl/N-ethyl adjacent to an activating group) is 2. The molecule has 0 bridgehead atoms. The van der Waals surface area contributed by atoms with Gasteiger partial charge >= 0.3 is 6.09 Å². The van der Waals surface area contributed by atoms with Crippen molar-refractivity contribution >= 4 is 17.0 Å². The van der Waals surface area contributed by atoms with Crippen molar-refractivity contribution in [2.75, 3.05) is 20.6 Å². The molecule has 3 atom stereocenters. The maximum Gasteiger partial charge on any atom is 0.410 e. The third-order valence-electron chi connectivity index (χ3n) is 7.05. The zero-order valence-electron chi connectivity index (χ0n) is 17.9. The van der Waals surface area contributed by atoms with Crippen LogP contribution in [0.5, 0.6) is 0 Å². The Labute approximate surface area is 177 Å². The van der Waals surface area contributed by atoms with Gasteiger partial charge in [0.1, 0.15) is 6.61 Å². The van der Waals surface area contributed by atoms with Crippen molar-refractivity contribution in [3.8, 4) is 0 Å². The number of benzene rings is 2. The van der Waals surface area contributed by atoms with Crippen LogP contribution in [0.25, 0.3) is 10.9 Å². The van der Waals surface area contributed by atoms with E-state index in [4.69, 9.17) is 4.74 Å². The van der Waals surface area contributed by atoms with Crippen molar-refractivity contribution in [2.24, 2.45) is 7.05 Å². The molecule has 1 aromatic heterocycles. The van der Waals surface area contributed by atoms with E-state index in [1.165, 1.54) is 22.0 Å². The monoisotopic (exact) mass is 403 g/mol. The second-order valence-electron chi connectivity index (χ2n) is 8.86. The standard InChI is InChI=1S/C25H29N3O2/c1-26-14-18-12-23-21(20-10-7-11-22(26)24(18)20)13-19(15-27(23)2)28(3)25(29)30-16-17-8-5-4-6-9-17/h4-11,14,19,21,23H,12-13,15-16H2,1-3H3/t19-,21-,23-/m1/s1. The average Bonchev–Trinajstić information content (AvgIpc) is 3.09. The summed E-state index contributed by atoms with van der Waals surface area (Å²) in [5, 5.41) is 1.42. The van der Waals surface area contributed by atoms with Gasteiger partial charge in [-0.15, -0.1) is 0 Å². The Morgan fingerprint density at radius 1 is 1.13 bits per heavy atom. The van der Waals surface area contributed by atoms with E-state index >= 15 is 0 Å². The molecule has 5 nitrogen and oxygen atoms in total. The first-order valence-corrected chi connectivity index (χ1v) is 10.7. The Balaban J connectivity index is 1.35. The molecule has 1 aliphatic carbocycles. The van der Waals surface area contributed by atoms with Crippen LogP contribution in [-0.4, -0.2) is 53.2 Å². The van der Waals surface area contributed by atoms with Gasteiger partial charge in [0.2, 0.25) is 0 Å². The number of fused-ring (bicyclic) bond motifs is 2. The van der Waals surface area contributed by atoms with E-state index in [2.05, 4.69) is 48.0 Å². The molecule has 156 valence electrons. The Kier molecular flexibility index (Phi) is 4.78. The first kappa shape index (κ1) is 19.2. The summed E-state index contributed by atoms with van der Waals surface area (Å²) in [5.74, 6) is 0.428. The predicted molar refractivity (Wildman–Crippen MR) is 119 cm³/mol. The van der Waals surface area contributed by atoms with Gasteiger partial charge in [-0.2, -0.15) is 0 Å². The molecule has 2 aromatic carbocycles. The highest BCUT2D eigenvalue weighted by Crippen LogP contribution is 2.44. The molecule has 2 aliphatic rings. The van der Waals surface area contributed by atoms with Crippen LogP contribution in [0.4, 0.5) is 4.79 Å². The lowest BCUT2D eigenvalue weighted by atomic mass is 9.74. The summed E-state index contributed by atoms with van der Waals surface area (Å²) in [5.41, 5.74) is 5.20. The fourth-order valence-electron chi connectivity index (χ4n) is 5.44. The first-order chi connectivity index (χ1) is 14.5. The first-order valence-electron chi connectivity index (χ1n) is 10.7. The lowest BCUT2D eigenvalue weighted by Crippen LogP contribution is -2.55. The van der Waals surface area contributed by atoms with Crippen molar-refractivity contribution < 1.29 is 9.53 Å². The Bertz CT molecular complexity index is 1070. The molecule has 1 amide bonds. The van der Waals surface area contributed by atoms with Crippen LogP contribution < -0.4 is 0 Å². The molecule has 3 aromatic rings. The molecule has 30 heavy (non-hydrogen) atoms. The van der Waals surface area contributed by atoms with Crippen LogP contribution in [0.1, 0.15) is 29.0 Å². The molecule has 0 saturated carbocycles. The van der Waals surface area contributed by atoms with E-state index in [1.54, 1.807) is 4.90 Å². The summed E-state index contributed by atoms with van der Waals surface area (Å²) in [6, 6.07) is 17.1. The second-order valence-corrected chi connectivity index (χ2v) is 8.86. The smallest absolute Gasteiger partial charge is 0.410 e. The summed E-state index contributed by atoms with van der Waals surface area (Å²) in [6.45, 7) is 1.18. The minimum atomic E-state index is -0.245. The molecule has 0 spiro atoms. The Morgan fingerprint density at radius 3 is 2.73 bits per heavy atom. The average molecular weight is 404 g/mol. The summed E-state index contributed by atoms with van der Waals surface area (Å²) in [6.07, 6.45) is 4.09. The number of carbonyl (C=O) groups is 1. The van der Waals surface area contributed by atoms with Crippen molar-refractivity contribution in [1.82, 2.24) is 14.4 Å². The summed E-state index contributed by atoms with van der Waals surface area (Å²) in [4.78, 5) is 17.0. The fourth-order valence-corrected chi connectivity index (χ4v) is 5.44. The maximum absolute atomic E-state index is 12.8. The molecule has 2 heterocycles. The lowest BCUT2D eigenvalue weighted by Gasteiger charge is -2.47. The largest absolute Gasteiger partial charge is 0.445 e. The summed E-state index contributed by atoms with van der Waals surface area (Å²) in [7, 11) is 6.21. The van der Waals surface area contributed by atoms with E-state index in [9.17, 15) is 4.79 Å². The second kappa shape index (κ2) is 7.47. The van der Waals surface area contributed by atoms with Crippen molar-refractivity contribution in [1.29, 1.82) is 0 Å². The van der Waals surface area contributed by atoms with E-state index in [1.807, 2.05) is 37.4 Å². The molecule has 1 fully saturated rings. The van der Waals surface area contributed by atoms with Gasteiger partial charge in [-0.05, 0) is 42.6 Å². The predicted octanol–water partition coefficient (Wildman–Crippen LogP) is 4.16. The Hall–Kier alpha value is -2.79. The molecular weight excluding hydrogens is 374 g/mol. The molecule has 5 heteroatoms. The van der Waals surface area contributed by atoms with Crippen LogP contribution in [-0.2, 0) is 24.8 Å². The number of aromatic nitrogens is 1. The van der Waals surface area contributed by atoms with Gasteiger partial charge in [-0.25, -0.2) is 4.79 Å². The van der Waals surface area contributed by atoms with E-state index < -0.39 is 0 Å². The number of nitrogens with zero attached hydrogens (tertiary/aromatic N) is 3. The van der Waals surface area contributed by atoms with Crippen molar-refractivity contribution in [2.45, 2.75) is 37.5 Å². The van der Waals surface area contributed by atoms with Crippen LogP contribution in [0.3, 0.4) is 0 Å². The van der Waals surface area contributed by atoms with Crippen molar-refractivity contribution in [3.63, 3.8) is 0 Å². The van der Waals surface area contributed by atoms with Gasteiger partial charge in [-0.3, -0.25) is 0 Å². The number of piperidine rings is 1. The molecule has 1 aliphatic heterocycles. The summed E-state index contributed by atoms with van der Waals surface area (Å²) >= 11 is 0. The maximum atomic E-state index is 12.8. The highest BCUT2D eigenvalue weighted by Gasteiger charge is 2.41. The SMILES string of the molecule is CN1C[C@H](N(C)C(=O)OCc2ccccc2)C[C@@H]2c3cccc4c3c(cn4C)C[C@H]21. The number of carbonyl (C=O) groups excluding carboxylic acids is 1. The van der Waals surface area contributed by atoms with E-state index in [0.717, 1.165) is 24.9 Å². The molecule has 0 radical (unpaired) electrons. The number of aryl methyl sites for hydroxylation is 1. The van der Waals surface area contributed by atoms with Crippen LogP contribution in [0.2, 0.25) is 0 Å². The molecule has 1 saturated heterocycles. The zero-order valence-corrected chi connectivity index (χ0v) is 17.9. The van der Waals surface area contributed by atoms with Gasteiger partial charge < -0.3 is 19.1 Å². The van der Waals surface area contributed by atoms with Gasteiger partial charge in [0.25, 0.3) is 0 Å². The topological polar surface area (TPSA) is 37.7 Å². The number of hydrogen-bond donors (Lipinski definition) is 0. The number of hydrogen-bond acceptors (Lipinski definition) is 3. The third kappa shape index (κ3) is 3.18. The Morgan fingerprint density at radius 2 is 1.93 bits per heavy atom. The van der Waals surface area contributed by atoms with Crippen LogP contribution in [0.15, 0.2) is 54.7 Å². The molecular formula is C25H29N3O2. The van der Waals surface area contributed by atoms with Gasteiger partial charge in [-0.1, -0.05) is 42.5 Å². The quantitative estimate of drug-likeness (QED) is 0.659. The van der Waals surface area contributed by atoms with Gasteiger partial charge in [0, 0.05) is 55.7 Å².